The van der Waals surface area contributed by atoms with Gasteiger partial charge >= 0.3 is 0 Å². The molecule has 1 aromatic heterocycles. The van der Waals surface area contributed by atoms with E-state index < -0.39 is 0 Å². The predicted molar refractivity (Wildman–Crippen MR) is 89.6 cm³/mol. The summed E-state index contributed by atoms with van der Waals surface area (Å²) in [4.78, 5) is 4.52. The van der Waals surface area contributed by atoms with Gasteiger partial charge in [-0.3, -0.25) is 4.98 Å². The molecule has 0 radical (unpaired) electrons. The van der Waals surface area contributed by atoms with Crippen LogP contribution < -0.4 is 5.32 Å². The summed E-state index contributed by atoms with van der Waals surface area (Å²) in [5.41, 5.74) is 2.40. The first kappa shape index (κ1) is 14.8. The second-order valence-electron chi connectivity index (χ2n) is 6.08. The summed E-state index contributed by atoms with van der Waals surface area (Å²) in [6, 6.07) is 10.5. The molecule has 2 unspecified atom stereocenters. The largest absolute Gasteiger partial charge is 0.312 e. The van der Waals surface area contributed by atoms with Crippen LogP contribution in [0.25, 0.3) is 10.9 Å². The van der Waals surface area contributed by atoms with Crippen molar-refractivity contribution in [3.8, 4) is 0 Å². The van der Waals surface area contributed by atoms with Crippen molar-refractivity contribution in [3.05, 3.63) is 42.1 Å². The zero-order chi connectivity index (χ0) is 14.5. The lowest BCUT2D eigenvalue weighted by Gasteiger charge is -2.30. The van der Waals surface area contributed by atoms with Crippen molar-refractivity contribution in [1.29, 1.82) is 0 Å². The number of alkyl halides is 1. The lowest BCUT2D eigenvalue weighted by Crippen LogP contribution is -2.31. The number of rotatable bonds is 5. The van der Waals surface area contributed by atoms with Crippen molar-refractivity contribution in [3.63, 3.8) is 0 Å². The topological polar surface area (TPSA) is 24.9 Å². The molecule has 1 heterocycles. The molecule has 0 amide bonds. The van der Waals surface area contributed by atoms with Gasteiger partial charge in [-0.15, -0.1) is 11.6 Å². The number of fused-ring (bicyclic) bond motifs is 1. The van der Waals surface area contributed by atoms with Crippen molar-refractivity contribution in [2.24, 2.45) is 11.8 Å². The lowest BCUT2D eigenvalue weighted by molar-refractivity contribution is 0.251. The molecule has 0 bridgehead atoms. The third-order valence-corrected chi connectivity index (χ3v) is 5.10. The molecule has 2 atom stereocenters. The molecule has 21 heavy (non-hydrogen) atoms. The monoisotopic (exact) mass is 302 g/mol. The SMILES string of the molecule is ClCC1CCCCC1CNCc1cccc2cccnc12. The van der Waals surface area contributed by atoms with Crippen LogP contribution in [0.15, 0.2) is 36.5 Å². The maximum Gasteiger partial charge on any atom is 0.0746 e. The normalized spacial score (nSPS) is 22.5. The van der Waals surface area contributed by atoms with Gasteiger partial charge in [0.05, 0.1) is 5.52 Å². The second kappa shape index (κ2) is 7.24. The maximum absolute atomic E-state index is 6.11. The Morgan fingerprint density at radius 1 is 1.10 bits per heavy atom. The molecule has 0 spiro atoms. The maximum atomic E-state index is 6.11. The van der Waals surface area contributed by atoms with Crippen LogP contribution in [-0.4, -0.2) is 17.4 Å². The Hall–Kier alpha value is -1.12. The molecule has 3 rings (SSSR count). The van der Waals surface area contributed by atoms with E-state index in [0.29, 0.717) is 5.92 Å². The fourth-order valence-electron chi connectivity index (χ4n) is 3.46. The highest BCUT2D eigenvalue weighted by atomic mass is 35.5. The molecule has 1 N–H and O–H groups in total. The number of pyridine rings is 1. The summed E-state index contributed by atoms with van der Waals surface area (Å²) in [5, 5.41) is 4.85. The van der Waals surface area contributed by atoms with Crippen LogP contribution in [0.5, 0.6) is 0 Å². The summed E-state index contributed by atoms with van der Waals surface area (Å²) >= 11 is 6.11. The van der Waals surface area contributed by atoms with E-state index in [1.54, 1.807) is 0 Å². The predicted octanol–water partition coefficient (Wildman–Crippen LogP) is 4.37. The summed E-state index contributed by atoms with van der Waals surface area (Å²) in [7, 11) is 0. The van der Waals surface area contributed by atoms with Crippen LogP contribution in [-0.2, 0) is 6.54 Å². The van der Waals surface area contributed by atoms with Crippen molar-refractivity contribution in [2.45, 2.75) is 32.2 Å². The van der Waals surface area contributed by atoms with Gasteiger partial charge in [0, 0.05) is 24.0 Å². The number of aromatic nitrogens is 1. The summed E-state index contributed by atoms with van der Waals surface area (Å²) in [6.07, 6.45) is 7.19. The number of nitrogens with zero attached hydrogens (tertiary/aromatic N) is 1. The van der Waals surface area contributed by atoms with E-state index in [1.807, 2.05) is 12.3 Å². The molecule has 1 aliphatic rings. The molecular formula is C18H23ClN2. The highest BCUT2D eigenvalue weighted by Gasteiger charge is 2.23. The van der Waals surface area contributed by atoms with Crippen LogP contribution in [0.3, 0.4) is 0 Å². The first-order valence-corrected chi connectivity index (χ1v) is 8.51. The van der Waals surface area contributed by atoms with Crippen LogP contribution >= 0.6 is 11.6 Å². The second-order valence-corrected chi connectivity index (χ2v) is 6.39. The van der Waals surface area contributed by atoms with Gasteiger partial charge in [-0.25, -0.2) is 0 Å². The number of para-hydroxylation sites is 1. The van der Waals surface area contributed by atoms with Gasteiger partial charge in [0.1, 0.15) is 0 Å². The van der Waals surface area contributed by atoms with E-state index in [0.717, 1.165) is 30.4 Å². The minimum Gasteiger partial charge on any atom is -0.312 e. The highest BCUT2D eigenvalue weighted by molar-refractivity contribution is 6.18. The summed E-state index contributed by atoms with van der Waals surface area (Å²) in [5.74, 6) is 2.24. The van der Waals surface area contributed by atoms with E-state index in [-0.39, 0.29) is 0 Å². The van der Waals surface area contributed by atoms with Crippen LogP contribution in [0.2, 0.25) is 0 Å². The molecule has 0 aliphatic heterocycles. The molecule has 1 saturated carbocycles. The standard InChI is InChI=1S/C18H23ClN2/c19-11-15-5-1-2-6-16(15)12-20-13-17-8-3-7-14-9-4-10-21-18(14)17/h3-4,7-10,15-16,20H,1-2,5-6,11-13H2. The number of benzene rings is 1. The third-order valence-electron chi connectivity index (χ3n) is 4.70. The molecule has 2 nitrogen and oxygen atoms in total. The highest BCUT2D eigenvalue weighted by Crippen LogP contribution is 2.30. The first-order valence-electron chi connectivity index (χ1n) is 7.98. The first-order chi connectivity index (χ1) is 10.4. The quantitative estimate of drug-likeness (QED) is 0.830. The van der Waals surface area contributed by atoms with Gasteiger partial charge in [0.2, 0.25) is 0 Å². The van der Waals surface area contributed by atoms with Crippen molar-refractivity contribution >= 4 is 22.5 Å². The fraction of sp³-hybridized carbons (Fsp3) is 0.500. The Morgan fingerprint density at radius 2 is 1.90 bits per heavy atom. The summed E-state index contributed by atoms with van der Waals surface area (Å²) < 4.78 is 0. The van der Waals surface area contributed by atoms with Crippen LogP contribution in [0, 0.1) is 11.8 Å². The van der Waals surface area contributed by atoms with Crippen molar-refractivity contribution < 1.29 is 0 Å². The smallest absolute Gasteiger partial charge is 0.0746 e. The van der Waals surface area contributed by atoms with E-state index in [1.165, 1.54) is 36.6 Å². The molecule has 3 heteroatoms. The Morgan fingerprint density at radius 3 is 2.76 bits per heavy atom. The average molecular weight is 303 g/mol. The van der Waals surface area contributed by atoms with Gasteiger partial charge < -0.3 is 5.32 Å². The van der Waals surface area contributed by atoms with Gasteiger partial charge in [0.15, 0.2) is 0 Å². The Kier molecular flexibility index (Phi) is 5.10. The van der Waals surface area contributed by atoms with E-state index in [4.69, 9.17) is 11.6 Å². The number of halogens is 1. The Balaban J connectivity index is 1.61. The van der Waals surface area contributed by atoms with Gasteiger partial charge in [-0.2, -0.15) is 0 Å². The molecule has 0 saturated heterocycles. The molecule has 112 valence electrons. The van der Waals surface area contributed by atoms with Gasteiger partial charge in [-0.05, 0) is 42.9 Å². The van der Waals surface area contributed by atoms with Crippen molar-refractivity contribution in [2.75, 3.05) is 12.4 Å². The fourth-order valence-corrected chi connectivity index (χ4v) is 3.86. The van der Waals surface area contributed by atoms with Crippen LogP contribution in [0.4, 0.5) is 0 Å². The van der Waals surface area contributed by atoms with Gasteiger partial charge in [0.25, 0.3) is 0 Å². The Labute approximate surface area is 131 Å². The van der Waals surface area contributed by atoms with E-state index in [9.17, 15) is 0 Å². The number of nitrogens with one attached hydrogen (secondary N) is 1. The molecular weight excluding hydrogens is 280 g/mol. The van der Waals surface area contributed by atoms with E-state index >= 15 is 0 Å². The number of hydrogen-bond acceptors (Lipinski definition) is 2. The molecule has 1 fully saturated rings. The van der Waals surface area contributed by atoms with Gasteiger partial charge in [-0.1, -0.05) is 37.1 Å². The summed E-state index contributed by atoms with van der Waals surface area (Å²) in [6.45, 7) is 1.96. The third kappa shape index (κ3) is 3.56. The average Bonchev–Trinajstić information content (AvgIpc) is 2.55. The zero-order valence-electron chi connectivity index (χ0n) is 12.4. The zero-order valence-corrected chi connectivity index (χ0v) is 13.1. The minimum atomic E-state index is 0.693. The molecule has 1 aliphatic carbocycles. The van der Waals surface area contributed by atoms with E-state index in [2.05, 4.69) is 34.6 Å². The Bertz CT molecular complexity index is 579. The van der Waals surface area contributed by atoms with Crippen molar-refractivity contribution in [1.82, 2.24) is 10.3 Å². The number of hydrogen-bond donors (Lipinski definition) is 1. The molecule has 2 aromatic rings. The lowest BCUT2D eigenvalue weighted by atomic mass is 9.80. The minimum absolute atomic E-state index is 0.693. The van der Waals surface area contributed by atoms with Crippen LogP contribution in [0.1, 0.15) is 31.2 Å². The molecule has 1 aromatic carbocycles.